The van der Waals surface area contributed by atoms with Crippen molar-refractivity contribution >= 4 is 34.0 Å². The van der Waals surface area contributed by atoms with Crippen LogP contribution < -0.4 is 14.8 Å². The summed E-state index contributed by atoms with van der Waals surface area (Å²) in [7, 11) is 0. The zero-order valence-electron chi connectivity index (χ0n) is 14.6. The lowest BCUT2D eigenvalue weighted by Crippen LogP contribution is -2.32. The van der Waals surface area contributed by atoms with Gasteiger partial charge in [-0.1, -0.05) is 48.1 Å². The molecule has 3 rings (SSSR count). The SMILES string of the molecule is CC[C@H](Oc1ccccc1)C(=O)Nc1nnc(COc2ccc(Cl)cc2)s1. The lowest BCUT2D eigenvalue weighted by molar-refractivity contribution is -0.122. The summed E-state index contributed by atoms with van der Waals surface area (Å²) in [5.41, 5.74) is 0. The summed E-state index contributed by atoms with van der Waals surface area (Å²) >= 11 is 7.10. The standard InChI is InChI=1S/C19H18ClN3O3S/c1-2-16(26-15-6-4-3-5-7-15)18(24)21-19-23-22-17(27-19)12-25-14-10-8-13(20)9-11-14/h3-11,16H,2,12H2,1H3,(H,21,23,24)/t16-/m0/s1. The normalized spacial score (nSPS) is 11.6. The number of hydrogen-bond donors (Lipinski definition) is 1. The van der Waals surface area contributed by atoms with Crippen LogP contribution in [0, 0.1) is 0 Å². The summed E-state index contributed by atoms with van der Waals surface area (Å²) in [4.78, 5) is 12.4. The van der Waals surface area contributed by atoms with Gasteiger partial charge in [0.25, 0.3) is 5.91 Å². The number of carbonyl (C=O) groups excluding carboxylic acids is 1. The van der Waals surface area contributed by atoms with Gasteiger partial charge in [-0.2, -0.15) is 0 Å². The van der Waals surface area contributed by atoms with Crippen molar-refractivity contribution in [3.05, 3.63) is 64.6 Å². The monoisotopic (exact) mass is 403 g/mol. The molecular weight excluding hydrogens is 386 g/mol. The van der Waals surface area contributed by atoms with E-state index in [9.17, 15) is 4.79 Å². The minimum absolute atomic E-state index is 0.257. The van der Waals surface area contributed by atoms with Crippen LogP contribution in [0.5, 0.6) is 11.5 Å². The lowest BCUT2D eigenvalue weighted by atomic mass is 10.2. The molecule has 3 aromatic rings. The van der Waals surface area contributed by atoms with Gasteiger partial charge < -0.3 is 9.47 Å². The number of hydrogen-bond acceptors (Lipinski definition) is 6. The van der Waals surface area contributed by atoms with Crippen LogP contribution in [-0.2, 0) is 11.4 Å². The number of para-hydroxylation sites is 1. The Morgan fingerprint density at radius 3 is 2.56 bits per heavy atom. The average molecular weight is 404 g/mol. The van der Waals surface area contributed by atoms with E-state index in [4.69, 9.17) is 21.1 Å². The van der Waals surface area contributed by atoms with Gasteiger partial charge in [-0.3, -0.25) is 10.1 Å². The van der Waals surface area contributed by atoms with E-state index in [1.54, 1.807) is 24.3 Å². The van der Waals surface area contributed by atoms with E-state index in [0.717, 1.165) is 0 Å². The molecule has 8 heteroatoms. The van der Waals surface area contributed by atoms with E-state index >= 15 is 0 Å². The van der Waals surface area contributed by atoms with Crippen LogP contribution in [0.1, 0.15) is 18.4 Å². The molecule has 0 saturated carbocycles. The molecule has 0 aliphatic carbocycles. The molecule has 6 nitrogen and oxygen atoms in total. The van der Waals surface area contributed by atoms with Gasteiger partial charge in [-0.05, 0) is 42.8 Å². The Labute approximate surface area is 166 Å². The number of nitrogens with one attached hydrogen (secondary N) is 1. The van der Waals surface area contributed by atoms with E-state index in [0.29, 0.717) is 33.1 Å². The molecule has 1 aromatic heterocycles. The number of nitrogens with zero attached hydrogens (tertiary/aromatic N) is 2. The fraction of sp³-hybridized carbons (Fsp3) is 0.211. The second kappa shape index (κ2) is 9.34. The molecule has 0 unspecified atom stereocenters. The fourth-order valence-corrected chi connectivity index (χ4v) is 2.99. The van der Waals surface area contributed by atoms with Gasteiger partial charge >= 0.3 is 0 Å². The van der Waals surface area contributed by atoms with Crippen LogP contribution in [0.15, 0.2) is 54.6 Å². The first-order valence-corrected chi connectivity index (χ1v) is 9.57. The van der Waals surface area contributed by atoms with Crippen LogP contribution in [0.4, 0.5) is 5.13 Å². The second-order valence-electron chi connectivity index (χ2n) is 5.56. The Balaban J connectivity index is 1.54. The van der Waals surface area contributed by atoms with Crippen LogP contribution in [0.25, 0.3) is 0 Å². The molecule has 1 atom stereocenters. The summed E-state index contributed by atoms with van der Waals surface area (Å²) in [6, 6.07) is 16.3. The van der Waals surface area contributed by atoms with Gasteiger partial charge in [0.15, 0.2) is 11.1 Å². The molecule has 0 spiro atoms. The molecule has 0 fully saturated rings. The second-order valence-corrected chi connectivity index (χ2v) is 7.06. The summed E-state index contributed by atoms with van der Waals surface area (Å²) < 4.78 is 11.4. The lowest BCUT2D eigenvalue weighted by Gasteiger charge is -2.16. The molecule has 140 valence electrons. The quantitative estimate of drug-likeness (QED) is 0.596. The first kappa shape index (κ1) is 19.1. The number of ether oxygens (including phenoxy) is 2. The Hall–Kier alpha value is -2.64. The minimum Gasteiger partial charge on any atom is -0.486 e. The van der Waals surface area contributed by atoms with Crippen LogP contribution in [0.3, 0.4) is 0 Å². The molecule has 0 radical (unpaired) electrons. The summed E-state index contributed by atoms with van der Waals surface area (Å²) in [6.07, 6.45) is -0.0726. The van der Waals surface area contributed by atoms with Crippen molar-refractivity contribution in [1.29, 1.82) is 0 Å². The van der Waals surface area contributed by atoms with Crippen molar-refractivity contribution in [3.63, 3.8) is 0 Å². The number of rotatable bonds is 8. The Morgan fingerprint density at radius 2 is 1.85 bits per heavy atom. The highest BCUT2D eigenvalue weighted by atomic mass is 35.5. The number of anilines is 1. The third kappa shape index (κ3) is 5.67. The maximum absolute atomic E-state index is 12.4. The number of halogens is 1. The first-order chi connectivity index (χ1) is 13.1. The Kier molecular flexibility index (Phi) is 6.62. The van der Waals surface area contributed by atoms with Gasteiger partial charge in [0.2, 0.25) is 5.13 Å². The van der Waals surface area contributed by atoms with Gasteiger partial charge in [-0.15, -0.1) is 10.2 Å². The number of aromatic nitrogens is 2. The van der Waals surface area contributed by atoms with E-state index in [1.807, 2.05) is 37.3 Å². The van der Waals surface area contributed by atoms with E-state index in [2.05, 4.69) is 15.5 Å². The van der Waals surface area contributed by atoms with E-state index < -0.39 is 6.10 Å². The van der Waals surface area contributed by atoms with Gasteiger partial charge in [-0.25, -0.2) is 0 Å². The smallest absolute Gasteiger partial charge is 0.267 e. The third-order valence-electron chi connectivity index (χ3n) is 3.56. The van der Waals surface area contributed by atoms with Gasteiger partial charge in [0.1, 0.15) is 18.1 Å². The zero-order valence-corrected chi connectivity index (χ0v) is 16.2. The van der Waals surface area contributed by atoms with Crippen molar-refractivity contribution in [2.75, 3.05) is 5.32 Å². The van der Waals surface area contributed by atoms with Gasteiger partial charge in [0.05, 0.1) is 0 Å². The predicted molar refractivity (Wildman–Crippen MR) is 105 cm³/mol. The molecule has 2 aromatic carbocycles. The van der Waals surface area contributed by atoms with Crippen LogP contribution >= 0.6 is 22.9 Å². The topological polar surface area (TPSA) is 73.3 Å². The van der Waals surface area contributed by atoms with Crippen molar-refractivity contribution in [2.24, 2.45) is 0 Å². The van der Waals surface area contributed by atoms with Crippen molar-refractivity contribution in [2.45, 2.75) is 26.1 Å². The van der Waals surface area contributed by atoms with Crippen LogP contribution in [-0.4, -0.2) is 22.2 Å². The van der Waals surface area contributed by atoms with Crippen molar-refractivity contribution in [1.82, 2.24) is 10.2 Å². The summed E-state index contributed by atoms with van der Waals surface area (Å²) in [5, 5.41) is 12.5. The molecular formula is C19H18ClN3O3S. The Morgan fingerprint density at radius 1 is 1.11 bits per heavy atom. The van der Waals surface area contributed by atoms with Crippen molar-refractivity contribution < 1.29 is 14.3 Å². The number of amides is 1. The third-order valence-corrected chi connectivity index (χ3v) is 4.62. The highest BCUT2D eigenvalue weighted by Gasteiger charge is 2.20. The number of benzene rings is 2. The molecule has 1 heterocycles. The molecule has 0 saturated heterocycles. The van der Waals surface area contributed by atoms with Crippen molar-refractivity contribution in [3.8, 4) is 11.5 Å². The summed E-state index contributed by atoms with van der Waals surface area (Å²) in [5.74, 6) is 1.07. The zero-order chi connectivity index (χ0) is 19.1. The largest absolute Gasteiger partial charge is 0.486 e. The summed E-state index contributed by atoms with van der Waals surface area (Å²) in [6.45, 7) is 2.14. The number of carbonyl (C=O) groups is 1. The minimum atomic E-state index is -0.606. The maximum Gasteiger partial charge on any atom is 0.267 e. The molecule has 1 N–H and O–H groups in total. The molecule has 27 heavy (non-hydrogen) atoms. The molecule has 1 amide bonds. The predicted octanol–water partition coefficient (Wildman–Crippen LogP) is 4.57. The first-order valence-electron chi connectivity index (χ1n) is 8.37. The highest BCUT2D eigenvalue weighted by molar-refractivity contribution is 7.15. The maximum atomic E-state index is 12.4. The molecule has 0 bridgehead atoms. The van der Waals surface area contributed by atoms with Gasteiger partial charge in [0, 0.05) is 5.02 Å². The fourth-order valence-electron chi connectivity index (χ4n) is 2.21. The Bertz CT molecular complexity index is 871. The van der Waals surface area contributed by atoms with E-state index in [1.165, 1.54) is 11.3 Å². The highest BCUT2D eigenvalue weighted by Crippen LogP contribution is 2.21. The average Bonchev–Trinajstić information content (AvgIpc) is 3.13. The van der Waals surface area contributed by atoms with E-state index in [-0.39, 0.29) is 12.5 Å². The van der Waals surface area contributed by atoms with Crippen LogP contribution in [0.2, 0.25) is 5.02 Å². The molecule has 0 aliphatic rings. The molecule has 0 aliphatic heterocycles.